The quantitative estimate of drug-likeness (QED) is 0.449. The first-order valence-electron chi connectivity index (χ1n) is 6.90. The molecule has 0 radical (unpaired) electrons. The zero-order valence-electron chi connectivity index (χ0n) is 12.4. The summed E-state index contributed by atoms with van der Waals surface area (Å²) in [5.74, 6) is 0. The molecule has 0 heterocycles. The van der Waals surface area contributed by atoms with Crippen LogP contribution in [-0.4, -0.2) is 25.2 Å². The molecule has 0 N–H and O–H groups in total. The highest BCUT2D eigenvalue weighted by Gasteiger charge is 1.75. The molecule has 4 nitrogen and oxygen atoms in total. The van der Waals surface area contributed by atoms with Crippen molar-refractivity contribution >= 4 is 12.2 Å². The third kappa shape index (κ3) is 25.0. The number of unbranched alkanes of at least 4 members (excludes halogenated alkanes) is 2. The maximum Gasteiger partial charge on any atom is 0.234 e. The van der Waals surface area contributed by atoms with Crippen LogP contribution in [0.3, 0.4) is 0 Å². The molecule has 0 amide bonds. The molecule has 20 heavy (non-hydrogen) atoms. The highest BCUT2D eigenvalue weighted by atomic mass is 16.1. The van der Waals surface area contributed by atoms with Crippen molar-refractivity contribution in [3.05, 3.63) is 36.4 Å². The summed E-state index contributed by atoms with van der Waals surface area (Å²) < 4.78 is 0. The lowest BCUT2D eigenvalue weighted by Gasteiger charge is -1.80. The van der Waals surface area contributed by atoms with Gasteiger partial charge >= 0.3 is 0 Å². The number of nitrogens with zero attached hydrogens (tertiary/aromatic N) is 2. The molecule has 0 spiro atoms. The van der Waals surface area contributed by atoms with E-state index >= 15 is 0 Å². The van der Waals surface area contributed by atoms with Crippen LogP contribution in [0.2, 0.25) is 0 Å². The predicted molar refractivity (Wildman–Crippen MR) is 82.2 cm³/mol. The number of isocyanates is 2. The molecule has 0 unspecified atom stereocenters. The highest BCUT2D eigenvalue weighted by molar-refractivity contribution is 5.32. The van der Waals surface area contributed by atoms with Gasteiger partial charge in [-0.2, -0.15) is 0 Å². The molecule has 0 aliphatic heterocycles. The Morgan fingerprint density at radius 3 is 1.20 bits per heavy atom. The Hall–Kier alpha value is -2.02. The second-order valence-electron chi connectivity index (χ2n) is 3.81. The third-order valence-corrected chi connectivity index (χ3v) is 2.04. The molecule has 4 heteroatoms. The Morgan fingerprint density at radius 2 is 1.00 bits per heavy atom. The van der Waals surface area contributed by atoms with E-state index in [1.54, 1.807) is 0 Å². The summed E-state index contributed by atoms with van der Waals surface area (Å²) in [7, 11) is 0. The molecule has 0 bridgehead atoms. The van der Waals surface area contributed by atoms with Gasteiger partial charge in [0.05, 0.1) is 13.1 Å². The molecule has 1 rings (SSSR count). The molecular weight excluding hydrogens is 252 g/mol. The van der Waals surface area contributed by atoms with E-state index in [1.165, 1.54) is 12.2 Å². The Morgan fingerprint density at radius 1 is 0.700 bits per heavy atom. The number of hydrogen-bond donors (Lipinski definition) is 0. The van der Waals surface area contributed by atoms with Gasteiger partial charge in [0, 0.05) is 0 Å². The second-order valence-corrected chi connectivity index (χ2v) is 3.81. The highest BCUT2D eigenvalue weighted by Crippen LogP contribution is 1.84. The Balaban J connectivity index is 0. The monoisotopic (exact) mass is 276 g/mol. The SMILES string of the molecule is CCCCN=C=O.CCCCN=C=O.c1ccccc1. The smallest absolute Gasteiger partial charge is 0.211 e. The fourth-order valence-electron chi connectivity index (χ4n) is 0.951. The average Bonchev–Trinajstić information content (AvgIpc) is 2.51. The number of rotatable bonds is 6. The molecule has 1 aromatic carbocycles. The number of hydrogen-bond acceptors (Lipinski definition) is 4. The van der Waals surface area contributed by atoms with Crippen LogP contribution in [0.25, 0.3) is 0 Å². The molecular formula is C16H24N2O2. The van der Waals surface area contributed by atoms with Crippen LogP contribution in [0.5, 0.6) is 0 Å². The van der Waals surface area contributed by atoms with Crippen LogP contribution in [-0.2, 0) is 9.59 Å². The summed E-state index contributed by atoms with van der Waals surface area (Å²) in [5, 5.41) is 0. The Bertz CT molecular complexity index is 319. The van der Waals surface area contributed by atoms with Gasteiger partial charge in [-0.25, -0.2) is 19.6 Å². The summed E-state index contributed by atoms with van der Waals surface area (Å²) in [5.41, 5.74) is 0. The van der Waals surface area contributed by atoms with Crippen LogP contribution in [0.15, 0.2) is 46.4 Å². The van der Waals surface area contributed by atoms with Crippen LogP contribution < -0.4 is 0 Å². The van der Waals surface area contributed by atoms with E-state index in [1.807, 2.05) is 36.4 Å². The van der Waals surface area contributed by atoms with Crippen molar-refractivity contribution in [1.29, 1.82) is 0 Å². The minimum atomic E-state index is 0.639. The van der Waals surface area contributed by atoms with Gasteiger partial charge in [-0.05, 0) is 12.8 Å². The topological polar surface area (TPSA) is 58.9 Å². The van der Waals surface area contributed by atoms with Crippen LogP contribution in [0.4, 0.5) is 0 Å². The summed E-state index contributed by atoms with van der Waals surface area (Å²) >= 11 is 0. The molecule has 0 fully saturated rings. The van der Waals surface area contributed by atoms with E-state index < -0.39 is 0 Å². The second kappa shape index (κ2) is 22.2. The molecule has 1 aromatic rings. The molecule has 0 saturated heterocycles. The number of benzene rings is 1. The van der Waals surface area contributed by atoms with Gasteiger partial charge in [-0.1, -0.05) is 63.1 Å². The predicted octanol–water partition coefficient (Wildman–Crippen LogP) is 3.93. The van der Waals surface area contributed by atoms with Crippen LogP contribution >= 0.6 is 0 Å². The van der Waals surface area contributed by atoms with Gasteiger partial charge in [0.2, 0.25) is 12.2 Å². The van der Waals surface area contributed by atoms with Crippen molar-refractivity contribution < 1.29 is 9.59 Å². The van der Waals surface area contributed by atoms with Crippen LogP contribution in [0.1, 0.15) is 39.5 Å². The van der Waals surface area contributed by atoms with E-state index in [2.05, 4.69) is 23.8 Å². The maximum atomic E-state index is 9.39. The minimum absolute atomic E-state index is 0.639. The zero-order chi connectivity index (χ0) is 15.3. The largest absolute Gasteiger partial charge is 0.234 e. The van der Waals surface area contributed by atoms with E-state index in [0.29, 0.717) is 13.1 Å². The van der Waals surface area contributed by atoms with E-state index in [-0.39, 0.29) is 0 Å². The summed E-state index contributed by atoms with van der Waals surface area (Å²) in [6.45, 7) is 5.39. The summed E-state index contributed by atoms with van der Waals surface area (Å²) in [6.07, 6.45) is 7.12. The first kappa shape index (κ1) is 20.3. The van der Waals surface area contributed by atoms with Crippen molar-refractivity contribution in [2.24, 2.45) is 9.98 Å². The lowest BCUT2D eigenvalue weighted by molar-refractivity contribution is 0.561. The van der Waals surface area contributed by atoms with Crippen LogP contribution in [0, 0.1) is 0 Å². The fourth-order valence-corrected chi connectivity index (χ4v) is 0.951. The normalized spacial score (nSPS) is 7.70. The molecule has 0 saturated carbocycles. The Labute approximate surface area is 121 Å². The van der Waals surface area contributed by atoms with Crippen molar-refractivity contribution in [3.63, 3.8) is 0 Å². The molecule has 0 aromatic heterocycles. The first-order chi connectivity index (χ1) is 9.83. The minimum Gasteiger partial charge on any atom is -0.211 e. The van der Waals surface area contributed by atoms with Crippen molar-refractivity contribution in [2.75, 3.05) is 13.1 Å². The van der Waals surface area contributed by atoms with E-state index in [9.17, 15) is 9.59 Å². The fraction of sp³-hybridized carbons (Fsp3) is 0.500. The van der Waals surface area contributed by atoms with Crippen molar-refractivity contribution in [1.82, 2.24) is 0 Å². The van der Waals surface area contributed by atoms with Gasteiger partial charge in [0.1, 0.15) is 0 Å². The lowest BCUT2D eigenvalue weighted by Crippen LogP contribution is -1.74. The van der Waals surface area contributed by atoms with Gasteiger partial charge in [0.25, 0.3) is 0 Å². The summed E-state index contributed by atoms with van der Waals surface area (Å²) in [6, 6.07) is 12.0. The number of carbonyl (C=O) groups excluding carboxylic acids is 2. The van der Waals surface area contributed by atoms with Gasteiger partial charge in [-0.3, -0.25) is 0 Å². The van der Waals surface area contributed by atoms with E-state index in [4.69, 9.17) is 0 Å². The zero-order valence-corrected chi connectivity index (χ0v) is 12.4. The van der Waals surface area contributed by atoms with E-state index in [0.717, 1.165) is 25.7 Å². The molecule has 110 valence electrons. The van der Waals surface area contributed by atoms with Gasteiger partial charge in [-0.15, -0.1) is 0 Å². The lowest BCUT2D eigenvalue weighted by atomic mass is 10.3. The molecule has 0 aliphatic carbocycles. The standard InChI is InChI=1S/C6H6.2C5H9NO/c1-2-4-6-5-3-1;2*1-2-3-4-6-5-7/h1-6H;2*2-4H2,1H3. The third-order valence-electron chi connectivity index (χ3n) is 2.04. The average molecular weight is 276 g/mol. The molecule has 0 aliphatic rings. The maximum absolute atomic E-state index is 9.39. The van der Waals surface area contributed by atoms with Crippen molar-refractivity contribution in [3.8, 4) is 0 Å². The van der Waals surface area contributed by atoms with Gasteiger partial charge in [0.15, 0.2) is 0 Å². The summed E-state index contributed by atoms with van der Waals surface area (Å²) in [4.78, 5) is 25.5. The van der Waals surface area contributed by atoms with Crippen molar-refractivity contribution in [2.45, 2.75) is 39.5 Å². The molecule has 0 atom stereocenters. The number of aliphatic imine (C=N–C) groups is 2. The first-order valence-corrected chi connectivity index (χ1v) is 6.90. The Kier molecular flexibility index (Phi) is 22.5. The van der Waals surface area contributed by atoms with Gasteiger partial charge < -0.3 is 0 Å².